The Morgan fingerprint density at radius 3 is 2.81 bits per heavy atom. The van der Waals surface area contributed by atoms with E-state index in [0.717, 1.165) is 30.4 Å². The maximum atomic E-state index is 4.17. The maximum Gasteiger partial charge on any atom is 0.209 e. The van der Waals surface area contributed by atoms with Crippen molar-refractivity contribution in [1.82, 2.24) is 35.3 Å². The average molecular weight is 309 g/mol. The van der Waals surface area contributed by atoms with Crippen LogP contribution in [0.2, 0.25) is 0 Å². The van der Waals surface area contributed by atoms with E-state index in [2.05, 4.69) is 46.7 Å². The first kappa shape index (κ1) is 16.0. The van der Waals surface area contributed by atoms with Gasteiger partial charge in [-0.15, -0.1) is 5.10 Å². The third-order valence-electron chi connectivity index (χ3n) is 2.86. The summed E-state index contributed by atoms with van der Waals surface area (Å²) in [6.45, 7) is 8.08. The Kier molecular flexibility index (Phi) is 5.35. The molecule has 21 heavy (non-hydrogen) atoms. The Morgan fingerprint density at radius 2 is 2.14 bits per heavy atom. The van der Waals surface area contributed by atoms with Crippen molar-refractivity contribution in [2.75, 3.05) is 12.3 Å². The zero-order chi connectivity index (χ0) is 15.3. The van der Waals surface area contributed by atoms with Gasteiger partial charge < -0.3 is 5.32 Å². The van der Waals surface area contributed by atoms with Gasteiger partial charge >= 0.3 is 0 Å². The lowest BCUT2D eigenvalue weighted by molar-refractivity contribution is 0.396. The summed E-state index contributed by atoms with van der Waals surface area (Å²) >= 11 is 1.68. The van der Waals surface area contributed by atoms with Crippen LogP contribution in [0.4, 0.5) is 0 Å². The van der Waals surface area contributed by atoms with Crippen molar-refractivity contribution < 1.29 is 0 Å². The second-order valence-corrected chi connectivity index (χ2v) is 7.04. The molecule has 0 amide bonds. The summed E-state index contributed by atoms with van der Waals surface area (Å²) in [6, 6.07) is 0. The molecule has 0 unspecified atom stereocenters. The van der Waals surface area contributed by atoms with Crippen molar-refractivity contribution in [3.8, 4) is 0 Å². The van der Waals surface area contributed by atoms with Crippen LogP contribution in [0.5, 0.6) is 0 Å². The lowest BCUT2D eigenvalue weighted by Gasteiger charge is -2.20. The van der Waals surface area contributed by atoms with Gasteiger partial charge in [0.25, 0.3) is 0 Å². The Balaban J connectivity index is 1.77. The molecule has 116 valence electrons. The fraction of sp³-hybridized carbons (Fsp3) is 0.692. The van der Waals surface area contributed by atoms with Gasteiger partial charge in [-0.25, -0.2) is 4.68 Å². The molecule has 0 aliphatic rings. The Bertz CT molecular complexity index is 555. The van der Waals surface area contributed by atoms with E-state index < -0.39 is 0 Å². The Morgan fingerprint density at radius 1 is 1.33 bits per heavy atom. The van der Waals surface area contributed by atoms with Crippen LogP contribution in [0, 0.1) is 0 Å². The van der Waals surface area contributed by atoms with Crippen LogP contribution < -0.4 is 5.32 Å². The lowest BCUT2D eigenvalue weighted by atomic mass is 10.1. The minimum atomic E-state index is 0.113. The van der Waals surface area contributed by atoms with Crippen LogP contribution in [-0.2, 0) is 20.0 Å². The summed E-state index contributed by atoms with van der Waals surface area (Å²) in [5.74, 6) is 0.943. The molecule has 8 heteroatoms. The predicted octanol–water partition coefficient (Wildman–Crippen LogP) is 1.13. The molecule has 0 aliphatic heterocycles. The fourth-order valence-electron chi connectivity index (χ4n) is 1.84. The molecule has 0 saturated heterocycles. The average Bonchev–Trinajstić information content (AvgIpc) is 2.98. The van der Waals surface area contributed by atoms with Gasteiger partial charge in [-0.3, -0.25) is 4.68 Å². The summed E-state index contributed by atoms with van der Waals surface area (Å²) < 4.78 is 3.68. The molecule has 0 spiro atoms. The highest BCUT2D eigenvalue weighted by Crippen LogP contribution is 2.15. The molecule has 0 radical (unpaired) electrons. The van der Waals surface area contributed by atoms with E-state index in [1.165, 1.54) is 5.56 Å². The summed E-state index contributed by atoms with van der Waals surface area (Å²) in [5, 5.41) is 20.4. The van der Waals surface area contributed by atoms with Crippen LogP contribution in [0.1, 0.15) is 26.3 Å². The molecule has 0 fully saturated rings. The van der Waals surface area contributed by atoms with Crippen molar-refractivity contribution in [3.05, 3.63) is 18.0 Å². The van der Waals surface area contributed by atoms with Crippen LogP contribution in [0.25, 0.3) is 0 Å². The number of hydrogen-bond donors (Lipinski definition) is 1. The van der Waals surface area contributed by atoms with E-state index in [1.807, 2.05) is 28.8 Å². The van der Waals surface area contributed by atoms with Crippen LogP contribution >= 0.6 is 11.8 Å². The summed E-state index contributed by atoms with van der Waals surface area (Å²) in [7, 11) is 1.93. The molecular formula is C13H23N7S. The molecule has 0 aliphatic carbocycles. The van der Waals surface area contributed by atoms with Gasteiger partial charge in [-0.2, -0.15) is 5.10 Å². The van der Waals surface area contributed by atoms with E-state index in [0.29, 0.717) is 0 Å². The number of hydrogen-bond acceptors (Lipinski definition) is 6. The quantitative estimate of drug-likeness (QED) is 0.773. The van der Waals surface area contributed by atoms with Crippen molar-refractivity contribution in [3.63, 3.8) is 0 Å². The summed E-state index contributed by atoms with van der Waals surface area (Å²) in [4.78, 5) is 0. The topological polar surface area (TPSA) is 73.5 Å². The maximum absolute atomic E-state index is 4.17. The van der Waals surface area contributed by atoms with E-state index in [-0.39, 0.29) is 5.54 Å². The smallest absolute Gasteiger partial charge is 0.209 e. The standard InChI is InChI=1S/C13H23N7S/c1-13(2,3)14-6-7-20-12(16-17-18-20)21-8-5-11-9-15-19(4)10-11/h9-10,14H,5-8H2,1-4H3. The van der Waals surface area contributed by atoms with Gasteiger partial charge in [0.1, 0.15) is 0 Å². The molecule has 0 atom stereocenters. The molecule has 7 nitrogen and oxygen atoms in total. The fourth-order valence-corrected chi connectivity index (χ4v) is 2.73. The number of nitrogens with zero attached hydrogens (tertiary/aromatic N) is 6. The molecule has 0 aromatic carbocycles. The zero-order valence-corrected chi connectivity index (χ0v) is 13.9. The second-order valence-electron chi connectivity index (χ2n) is 5.98. The van der Waals surface area contributed by atoms with Crippen molar-refractivity contribution in [2.24, 2.45) is 7.05 Å². The Labute approximate surface area is 129 Å². The van der Waals surface area contributed by atoms with Crippen molar-refractivity contribution >= 4 is 11.8 Å². The normalized spacial score (nSPS) is 12.0. The third kappa shape index (κ3) is 5.47. The minimum absolute atomic E-state index is 0.113. The van der Waals surface area contributed by atoms with Gasteiger partial charge in [-0.05, 0) is 43.2 Å². The van der Waals surface area contributed by atoms with Crippen LogP contribution in [0.3, 0.4) is 0 Å². The third-order valence-corrected chi connectivity index (χ3v) is 3.82. The van der Waals surface area contributed by atoms with Crippen molar-refractivity contribution in [2.45, 2.75) is 44.4 Å². The molecule has 0 saturated carbocycles. The first-order valence-corrected chi connectivity index (χ1v) is 8.04. The van der Waals surface area contributed by atoms with Gasteiger partial charge in [-0.1, -0.05) is 11.8 Å². The molecule has 0 bridgehead atoms. The number of nitrogens with one attached hydrogen (secondary N) is 1. The van der Waals surface area contributed by atoms with E-state index in [4.69, 9.17) is 0 Å². The predicted molar refractivity (Wildman–Crippen MR) is 83.2 cm³/mol. The lowest BCUT2D eigenvalue weighted by Crippen LogP contribution is -2.38. The van der Waals surface area contributed by atoms with E-state index in [1.54, 1.807) is 11.8 Å². The second kappa shape index (κ2) is 7.04. The van der Waals surface area contributed by atoms with Crippen LogP contribution in [-0.4, -0.2) is 47.8 Å². The summed E-state index contributed by atoms with van der Waals surface area (Å²) in [5.41, 5.74) is 1.35. The highest BCUT2D eigenvalue weighted by molar-refractivity contribution is 7.99. The van der Waals surface area contributed by atoms with Crippen LogP contribution in [0.15, 0.2) is 17.6 Å². The molecule has 2 heterocycles. The number of rotatable bonds is 7. The number of tetrazole rings is 1. The largest absolute Gasteiger partial charge is 0.310 e. The van der Waals surface area contributed by atoms with Gasteiger partial charge in [0.15, 0.2) is 0 Å². The van der Waals surface area contributed by atoms with E-state index in [9.17, 15) is 0 Å². The SMILES string of the molecule is Cn1cc(CCSc2nnnn2CCNC(C)(C)C)cn1. The molecule has 2 aromatic rings. The molecular weight excluding hydrogens is 286 g/mol. The monoisotopic (exact) mass is 309 g/mol. The van der Waals surface area contributed by atoms with Gasteiger partial charge in [0, 0.05) is 31.1 Å². The Hall–Kier alpha value is -1.41. The first-order chi connectivity index (χ1) is 9.94. The number of aromatic nitrogens is 6. The highest BCUT2D eigenvalue weighted by Gasteiger charge is 2.10. The first-order valence-electron chi connectivity index (χ1n) is 7.05. The zero-order valence-electron chi connectivity index (χ0n) is 13.1. The molecule has 2 rings (SSSR count). The minimum Gasteiger partial charge on any atom is -0.310 e. The van der Waals surface area contributed by atoms with Gasteiger partial charge in [0.2, 0.25) is 5.16 Å². The number of aryl methyl sites for hydroxylation is 2. The van der Waals surface area contributed by atoms with E-state index >= 15 is 0 Å². The molecule has 1 N–H and O–H groups in total. The summed E-state index contributed by atoms with van der Waals surface area (Å²) in [6.07, 6.45) is 4.90. The number of thioether (sulfide) groups is 1. The van der Waals surface area contributed by atoms with Gasteiger partial charge in [0.05, 0.1) is 12.7 Å². The molecule has 2 aromatic heterocycles. The van der Waals surface area contributed by atoms with Crippen molar-refractivity contribution in [1.29, 1.82) is 0 Å². The highest BCUT2D eigenvalue weighted by atomic mass is 32.2.